The summed E-state index contributed by atoms with van der Waals surface area (Å²) in [5, 5.41) is 8.41. The van der Waals surface area contributed by atoms with Crippen LogP contribution in [0.3, 0.4) is 0 Å². The van der Waals surface area contributed by atoms with Crippen LogP contribution >= 0.6 is 0 Å². The highest BCUT2D eigenvalue weighted by Gasteiger charge is 2.27. The molecule has 4 aromatic rings. The number of nitrogens with one attached hydrogen (secondary N) is 3. The number of rotatable bonds is 9. The summed E-state index contributed by atoms with van der Waals surface area (Å²) in [6, 6.07) is 27.0. The SMILES string of the molecule is CC(C)(C)NCc1ccc2c(c1)OCCC2NC(=O)C[C@@H](NS(=O)(=O)c1ccc2ccccc2c1)c1ccccc1. The first-order chi connectivity index (χ1) is 19.6. The summed E-state index contributed by atoms with van der Waals surface area (Å²) in [4.78, 5) is 13.5. The summed E-state index contributed by atoms with van der Waals surface area (Å²) in [6.07, 6.45) is 0.592. The number of sulfonamides is 1. The molecule has 2 atom stereocenters. The van der Waals surface area contributed by atoms with Crippen molar-refractivity contribution in [3.05, 3.63) is 108 Å². The van der Waals surface area contributed by atoms with Crippen molar-refractivity contribution in [3.8, 4) is 5.75 Å². The molecule has 5 rings (SSSR count). The first kappa shape index (κ1) is 28.8. The Labute approximate surface area is 242 Å². The van der Waals surface area contributed by atoms with Gasteiger partial charge in [-0.15, -0.1) is 0 Å². The third kappa shape index (κ3) is 7.33. The van der Waals surface area contributed by atoms with E-state index in [9.17, 15) is 13.2 Å². The highest BCUT2D eigenvalue weighted by Crippen LogP contribution is 2.33. The predicted octanol–water partition coefficient (Wildman–Crippen LogP) is 5.78. The zero-order valence-corrected chi connectivity index (χ0v) is 24.5. The molecule has 1 heterocycles. The van der Waals surface area contributed by atoms with E-state index in [1.54, 1.807) is 18.2 Å². The van der Waals surface area contributed by atoms with Gasteiger partial charge in [0.25, 0.3) is 0 Å². The highest BCUT2D eigenvalue weighted by molar-refractivity contribution is 7.89. The molecule has 214 valence electrons. The minimum absolute atomic E-state index is 0.00161. The largest absolute Gasteiger partial charge is 0.493 e. The van der Waals surface area contributed by atoms with Crippen molar-refractivity contribution >= 4 is 26.7 Å². The molecule has 0 radical (unpaired) electrons. The van der Waals surface area contributed by atoms with E-state index in [4.69, 9.17) is 4.74 Å². The number of carbonyl (C=O) groups excluding carboxylic acids is 1. The normalized spacial score (nSPS) is 16.0. The molecule has 4 aromatic carbocycles. The molecule has 1 aliphatic rings. The Hall–Kier alpha value is -3.72. The molecule has 1 aliphatic heterocycles. The number of carbonyl (C=O) groups is 1. The number of benzene rings is 4. The first-order valence-electron chi connectivity index (χ1n) is 13.9. The van der Waals surface area contributed by atoms with Crippen molar-refractivity contribution in [2.24, 2.45) is 0 Å². The lowest BCUT2D eigenvalue weighted by molar-refractivity contribution is -0.122. The van der Waals surface area contributed by atoms with Gasteiger partial charge in [0.05, 0.1) is 23.6 Å². The molecule has 3 N–H and O–H groups in total. The van der Waals surface area contributed by atoms with Crippen molar-refractivity contribution in [1.82, 2.24) is 15.4 Å². The number of ether oxygens (including phenoxy) is 1. The van der Waals surface area contributed by atoms with Crippen molar-refractivity contribution in [1.29, 1.82) is 0 Å². The Kier molecular flexibility index (Phi) is 8.45. The van der Waals surface area contributed by atoms with Gasteiger partial charge in [-0.25, -0.2) is 13.1 Å². The van der Waals surface area contributed by atoms with Crippen LogP contribution in [-0.2, 0) is 21.4 Å². The molecule has 41 heavy (non-hydrogen) atoms. The summed E-state index contributed by atoms with van der Waals surface area (Å²) in [5.41, 5.74) is 2.75. The number of hydrogen-bond donors (Lipinski definition) is 3. The molecule has 1 amide bonds. The zero-order valence-electron chi connectivity index (χ0n) is 23.7. The second-order valence-electron chi connectivity index (χ2n) is 11.5. The monoisotopic (exact) mass is 571 g/mol. The van der Waals surface area contributed by atoms with Crippen LogP contribution in [0.5, 0.6) is 5.75 Å². The van der Waals surface area contributed by atoms with E-state index in [1.807, 2.05) is 66.7 Å². The van der Waals surface area contributed by atoms with Crippen molar-refractivity contribution in [2.75, 3.05) is 6.61 Å². The standard InChI is InChI=1S/C33H37N3O4S/c1-33(2,3)34-22-23-13-16-28-29(17-18-40-31(28)19-23)35-32(37)21-30(25-10-5-4-6-11-25)36-41(38,39)27-15-14-24-9-7-8-12-26(24)20-27/h4-16,19-20,29-30,34,36H,17-18,21-22H2,1-3H3,(H,35,37)/t29?,30-/m1/s1. The topological polar surface area (TPSA) is 96.5 Å². The molecular formula is C33H37N3O4S. The lowest BCUT2D eigenvalue weighted by atomic mass is 9.97. The molecule has 0 aromatic heterocycles. The molecular weight excluding hydrogens is 534 g/mol. The number of amides is 1. The molecule has 0 saturated heterocycles. The average Bonchev–Trinajstić information content (AvgIpc) is 2.95. The van der Waals surface area contributed by atoms with Crippen LogP contribution in [-0.4, -0.2) is 26.5 Å². The molecule has 0 saturated carbocycles. The van der Waals surface area contributed by atoms with Gasteiger partial charge < -0.3 is 15.4 Å². The molecule has 1 unspecified atom stereocenters. The third-order valence-corrected chi connectivity index (χ3v) is 8.66. The summed E-state index contributed by atoms with van der Waals surface area (Å²) in [7, 11) is -3.90. The molecule has 0 spiro atoms. The van der Waals surface area contributed by atoms with E-state index < -0.39 is 16.1 Å². The fraction of sp³-hybridized carbons (Fsp3) is 0.303. The first-order valence-corrected chi connectivity index (χ1v) is 15.4. The maximum atomic E-state index is 13.5. The minimum atomic E-state index is -3.90. The van der Waals surface area contributed by atoms with Crippen LogP contribution in [0.1, 0.15) is 62.4 Å². The van der Waals surface area contributed by atoms with E-state index in [2.05, 4.69) is 42.2 Å². The van der Waals surface area contributed by atoms with Crippen LogP contribution in [0.2, 0.25) is 0 Å². The van der Waals surface area contributed by atoms with Gasteiger partial charge >= 0.3 is 0 Å². The minimum Gasteiger partial charge on any atom is -0.493 e. The molecule has 0 bridgehead atoms. The van der Waals surface area contributed by atoms with Gasteiger partial charge in [0.1, 0.15) is 5.75 Å². The van der Waals surface area contributed by atoms with E-state index >= 15 is 0 Å². The van der Waals surface area contributed by atoms with Crippen molar-refractivity contribution in [3.63, 3.8) is 0 Å². The van der Waals surface area contributed by atoms with Gasteiger partial charge in [0.15, 0.2) is 0 Å². The van der Waals surface area contributed by atoms with Crippen LogP contribution in [0.4, 0.5) is 0 Å². The predicted molar refractivity (Wildman–Crippen MR) is 162 cm³/mol. The van der Waals surface area contributed by atoms with Gasteiger partial charge in [-0.1, -0.05) is 72.8 Å². The van der Waals surface area contributed by atoms with E-state index in [-0.39, 0.29) is 28.8 Å². The maximum absolute atomic E-state index is 13.5. The van der Waals surface area contributed by atoms with Gasteiger partial charge in [-0.05, 0) is 60.9 Å². The summed E-state index contributed by atoms with van der Waals surface area (Å²) >= 11 is 0. The highest BCUT2D eigenvalue weighted by atomic mass is 32.2. The van der Waals surface area contributed by atoms with E-state index in [1.165, 1.54) is 0 Å². The van der Waals surface area contributed by atoms with E-state index in [0.717, 1.165) is 33.2 Å². The van der Waals surface area contributed by atoms with Gasteiger partial charge in [0, 0.05) is 30.5 Å². The Morgan fingerprint density at radius 3 is 2.41 bits per heavy atom. The zero-order chi connectivity index (χ0) is 29.0. The van der Waals surface area contributed by atoms with Gasteiger partial charge in [-0.3, -0.25) is 4.79 Å². The van der Waals surface area contributed by atoms with Crippen molar-refractivity contribution in [2.45, 2.75) is 62.7 Å². The molecule has 7 nitrogen and oxygen atoms in total. The summed E-state index contributed by atoms with van der Waals surface area (Å²) in [6.45, 7) is 7.58. The van der Waals surface area contributed by atoms with Gasteiger partial charge in [-0.2, -0.15) is 0 Å². The Bertz CT molecular complexity index is 1630. The second kappa shape index (κ2) is 12.0. The Morgan fingerprint density at radius 2 is 1.66 bits per heavy atom. The fourth-order valence-electron chi connectivity index (χ4n) is 5.00. The van der Waals surface area contributed by atoms with Crippen LogP contribution in [0.15, 0.2) is 95.9 Å². The smallest absolute Gasteiger partial charge is 0.241 e. The number of fused-ring (bicyclic) bond motifs is 2. The maximum Gasteiger partial charge on any atom is 0.241 e. The molecule has 0 fully saturated rings. The Balaban J connectivity index is 1.32. The summed E-state index contributed by atoms with van der Waals surface area (Å²) < 4.78 is 35.7. The molecule has 8 heteroatoms. The van der Waals surface area contributed by atoms with Crippen molar-refractivity contribution < 1.29 is 17.9 Å². The van der Waals surface area contributed by atoms with E-state index in [0.29, 0.717) is 19.6 Å². The lowest BCUT2D eigenvalue weighted by Gasteiger charge is -2.28. The Morgan fingerprint density at radius 1 is 0.927 bits per heavy atom. The average molecular weight is 572 g/mol. The van der Waals surface area contributed by atoms with Crippen LogP contribution in [0.25, 0.3) is 10.8 Å². The second-order valence-corrected chi connectivity index (χ2v) is 13.2. The number of hydrogen-bond acceptors (Lipinski definition) is 5. The van der Waals surface area contributed by atoms with Crippen LogP contribution in [0, 0.1) is 0 Å². The van der Waals surface area contributed by atoms with Gasteiger partial charge in [0.2, 0.25) is 15.9 Å². The quantitative estimate of drug-likeness (QED) is 0.237. The fourth-order valence-corrected chi connectivity index (χ4v) is 6.26. The lowest BCUT2D eigenvalue weighted by Crippen LogP contribution is -2.37. The summed E-state index contributed by atoms with van der Waals surface area (Å²) in [5.74, 6) is 0.530. The van der Waals surface area contributed by atoms with Crippen LogP contribution < -0.4 is 20.1 Å². The third-order valence-electron chi connectivity index (χ3n) is 7.20. The molecule has 0 aliphatic carbocycles.